The SMILES string of the molecule is C.C=C(C/C(=C\C)c1cccc2c1CCC2)c1ccc(C)c(C#N)c1.CC(C)C. The summed E-state index contributed by atoms with van der Waals surface area (Å²) in [5.41, 5.74) is 9.59. The van der Waals surface area contributed by atoms with Crippen LogP contribution in [0.5, 0.6) is 0 Å². The number of hydrogen-bond donors (Lipinski definition) is 0. The van der Waals surface area contributed by atoms with Gasteiger partial charge in [0.1, 0.15) is 0 Å². The summed E-state index contributed by atoms with van der Waals surface area (Å²) in [5, 5.41) is 9.25. The first-order chi connectivity index (χ1) is 13.4. The van der Waals surface area contributed by atoms with E-state index in [0.29, 0.717) is 0 Å². The van der Waals surface area contributed by atoms with Crippen LogP contribution < -0.4 is 0 Å². The number of nitriles is 1. The van der Waals surface area contributed by atoms with Crippen LogP contribution in [0.15, 0.2) is 49.1 Å². The van der Waals surface area contributed by atoms with E-state index in [2.05, 4.69) is 70.7 Å². The molecule has 0 aromatic heterocycles. The second-order valence-corrected chi connectivity index (χ2v) is 8.26. The van der Waals surface area contributed by atoms with Crippen molar-refractivity contribution in [2.24, 2.45) is 5.92 Å². The molecule has 1 aliphatic rings. The molecule has 0 bridgehead atoms. The van der Waals surface area contributed by atoms with Gasteiger partial charge >= 0.3 is 0 Å². The lowest BCUT2D eigenvalue weighted by Gasteiger charge is -2.15. The van der Waals surface area contributed by atoms with Gasteiger partial charge in [0, 0.05) is 0 Å². The molecule has 0 saturated heterocycles. The first kappa shape index (κ1) is 24.4. The molecule has 0 N–H and O–H groups in total. The minimum absolute atomic E-state index is 0. The van der Waals surface area contributed by atoms with Crippen molar-refractivity contribution < 1.29 is 0 Å². The Labute approximate surface area is 178 Å². The van der Waals surface area contributed by atoms with E-state index in [-0.39, 0.29) is 7.43 Å². The van der Waals surface area contributed by atoms with Gasteiger partial charge in [0.2, 0.25) is 0 Å². The highest BCUT2D eigenvalue weighted by Crippen LogP contribution is 2.34. The van der Waals surface area contributed by atoms with Gasteiger partial charge in [-0.1, -0.05) is 71.2 Å². The predicted octanol–water partition coefficient (Wildman–Crippen LogP) is 8.16. The van der Waals surface area contributed by atoms with Crippen LogP contribution in [0.25, 0.3) is 11.1 Å². The fourth-order valence-electron chi connectivity index (χ4n) is 3.57. The quantitative estimate of drug-likeness (QED) is 0.519. The van der Waals surface area contributed by atoms with Crippen LogP contribution >= 0.6 is 0 Å². The van der Waals surface area contributed by atoms with E-state index in [1.54, 1.807) is 0 Å². The largest absolute Gasteiger partial charge is 0.192 e. The summed E-state index contributed by atoms with van der Waals surface area (Å²) < 4.78 is 0. The first-order valence-corrected chi connectivity index (χ1v) is 10.3. The lowest BCUT2D eigenvalue weighted by Crippen LogP contribution is -1.95. The molecule has 1 aliphatic carbocycles. The van der Waals surface area contributed by atoms with Crippen molar-refractivity contribution in [2.45, 2.75) is 67.7 Å². The summed E-state index contributed by atoms with van der Waals surface area (Å²) in [6.07, 6.45) is 6.66. The van der Waals surface area contributed by atoms with Crippen LogP contribution in [0.4, 0.5) is 0 Å². The summed E-state index contributed by atoms with van der Waals surface area (Å²) in [6.45, 7) is 14.9. The van der Waals surface area contributed by atoms with Crippen molar-refractivity contribution in [1.82, 2.24) is 0 Å². The molecule has 0 aliphatic heterocycles. The third-order valence-corrected chi connectivity index (χ3v) is 5.01. The molecule has 0 fully saturated rings. The van der Waals surface area contributed by atoms with Crippen molar-refractivity contribution in [1.29, 1.82) is 5.26 Å². The summed E-state index contributed by atoms with van der Waals surface area (Å²) in [7, 11) is 0. The minimum Gasteiger partial charge on any atom is -0.192 e. The fraction of sp³-hybridized carbons (Fsp3) is 0.393. The smallest absolute Gasteiger partial charge is 0.0994 e. The number of nitrogens with zero attached hydrogens (tertiary/aromatic N) is 1. The topological polar surface area (TPSA) is 23.8 Å². The summed E-state index contributed by atoms with van der Waals surface area (Å²) in [4.78, 5) is 0. The van der Waals surface area contributed by atoms with E-state index in [4.69, 9.17) is 0 Å². The molecular weight excluding hydrogens is 350 g/mol. The highest BCUT2D eigenvalue weighted by atomic mass is 14.2. The van der Waals surface area contributed by atoms with Gasteiger partial charge in [0.15, 0.2) is 0 Å². The average Bonchev–Trinajstić information content (AvgIpc) is 3.14. The van der Waals surface area contributed by atoms with E-state index in [1.807, 2.05) is 19.1 Å². The van der Waals surface area contributed by atoms with Crippen molar-refractivity contribution in [2.75, 3.05) is 0 Å². The van der Waals surface area contributed by atoms with Gasteiger partial charge in [0.05, 0.1) is 11.6 Å². The second kappa shape index (κ2) is 11.4. The Hall–Kier alpha value is -2.59. The van der Waals surface area contributed by atoms with Crippen LogP contribution in [0, 0.1) is 24.2 Å². The standard InChI is InChI=1S/C23H23N.C4H10.CH4/c1-4-18(22-9-5-7-19-8-6-10-23(19)22)13-17(3)20-12-11-16(2)21(14-20)15-24;1-4(2)3;/h4-5,7,9,11-12,14H,3,6,8,10,13H2,1-2H3;4H,1-3H3;1H4/b18-4+;;. The second-order valence-electron chi connectivity index (χ2n) is 8.26. The Bertz CT molecular complexity index is 904. The lowest BCUT2D eigenvalue weighted by atomic mass is 9.90. The molecule has 0 atom stereocenters. The molecule has 2 aromatic carbocycles. The zero-order valence-electron chi connectivity index (χ0n) is 18.1. The maximum atomic E-state index is 9.25. The van der Waals surface area contributed by atoms with Gasteiger partial charge in [0.25, 0.3) is 0 Å². The molecule has 0 spiro atoms. The van der Waals surface area contributed by atoms with E-state index in [0.717, 1.165) is 34.6 Å². The van der Waals surface area contributed by atoms with Crippen LogP contribution in [0.3, 0.4) is 0 Å². The highest BCUT2D eigenvalue weighted by Gasteiger charge is 2.17. The molecule has 29 heavy (non-hydrogen) atoms. The number of fused-ring (bicyclic) bond motifs is 1. The minimum atomic E-state index is 0. The normalized spacial score (nSPS) is 12.4. The van der Waals surface area contributed by atoms with Crippen molar-refractivity contribution in [3.8, 4) is 6.07 Å². The molecule has 3 rings (SSSR count). The average molecular weight is 388 g/mol. The fourth-order valence-corrected chi connectivity index (χ4v) is 3.57. The highest BCUT2D eigenvalue weighted by molar-refractivity contribution is 5.80. The number of rotatable bonds is 4. The van der Waals surface area contributed by atoms with E-state index >= 15 is 0 Å². The summed E-state index contributed by atoms with van der Waals surface area (Å²) in [5.74, 6) is 0.833. The van der Waals surface area contributed by atoms with Gasteiger partial charge in [-0.15, -0.1) is 0 Å². The van der Waals surface area contributed by atoms with Crippen LogP contribution in [-0.4, -0.2) is 0 Å². The predicted molar refractivity (Wildman–Crippen MR) is 129 cm³/mol. The number of benzene rings is 2. The van der Waals surface area contributed by atoms with Crippen molar-refractivity contribution in [3.05, 3.63) is 82.4 Å². The van der Waals surface area contributed by atoms with Gasteiger partial charge < -0.3 is 0 Å². The van der Waals surface area contributed by atoms with E-state index in [9.17, 15) is 5.26 Å². The Morgan fingerprint density at radius 1 is 1.17 bits per heavy atom. The number of hydrogen-bond acceptors (Lipinski definition) is 1. The number of allylic oxidation sites excluding steroid dienone is 3. The van der Waals surface area contributed by atoms with Crippen molar-refractivity contribution in [3.63, 3.8) is 0 Å². The molecular formula is C28H37N. The molecule has 154 valence electrons. The maximum absolute atomic E-state index is 9.25. The molecule has 1 nitrogen and oxygen atoms in total. The molecule has 0 radical (unpaired) electrons. The Morgan fingerprint density at radius 2 is 1.86 bits per heavy atom. The molecule has 0 unspecified atom stereocenters. The molecule has 0 saturated carbocycles. The summed E-state index contributed by atoms with van der Waals surface area (Å²) in [6, 6.07) is 15.0. The number of aryl methyl sites for hydroxylation is 2. The molecule has 0 heterocycles. The first-order valence-electron chi connectivity index (χ1n) is 10.3. The van der Waals surface area contributed by atoms with E-state index < -0.39 is 0 Å². The van der Waals surface area contributed by atoms with E-state index in [1.165, 1.54) is 41.5 Å². The van der Waals surface area contributed by atoms with Gasteiger partial charge in [-0.25, -0.2) is 0 Å². The molecule has 2 aromatic rings. The van der Waals surface area contributed by atoms with Gasteiger partial charge in [-0.3, -0.25) is 0 Å². The molecule has 1 heteroatoms. The zero-order chi connectivity index (χ0) is 20.7. The van der Waals surface area contributed by atoms with Crippen LogP contribution in [0.2, 0.25) is 0 Å². The monoisotopic (exact) mass is 387 g/mol. The zero-order valence-corrected chi connectivity index (χ0v) is 18.1. The van der Waals surface area contributed by atoms with Gasteiger partial charge in [-0.2, -0.15) is 5.26 Å². The van der Waals surface area contributed by atoms with Gasteiger partial charge in [-0.05, 0) is 90.5 Å². The van der Waals surface area contributed by atoms with Crippen molar-refractivity contribution >= 4 is 11.1 Å². The Kier molecular flexibility index (Phi) is 9.63. The Balaban J connectivity index is 0.000000771. The van der Waals surface area contributed by atoms with Crippen LogP contribution in [-0.2, 0) is 12.8 Å². The maximum Gasteiger partial charge on any atom is 0.0994 e. The van der Waals surface area contributed by atoms with Crippen LogP contribution in [0.1, 0.15) is 81.3 Å². The Morgan fingerprint density at radius 3 is 2.48 bits per heavy atom. The third kappa shape index (κ3) is 6.47. The lowest BCUT2D eigenvalue weighted by molar-refractivity contribution is 0.737. The summed E-state index contributed by atoms with van der Waals surface area (Å²) >= 11 is 0. The molecule has 0 amide bonds. The third-order valence-electron chi connectivity index (χ3n) is 5.01.